The van der Waals surface area contributed by atoms with Crippen LogP contribution in [-0.4, -0.2) is 19.5 Å². The summed E-state index contributed by atoms with van der Waals surface area (Å²) in [4.78, 5) is 11.6. The van der Waals surface area contributed by atoms with Gasteiger partial charge < -0.3 is 4.74 Å². The molecule has 0 unspecified atom stereocenters. The molecular weight excluding hydrogens is 300 g/mol. The zero-order chi connectivity index (χ0) is 16.9. The first-order valence-corrected chi connectivity index (χ1v) is 7.97. The Labute approximate surface area is 136 Å². The third kappa shape index (κ3) is 5.33. The number of halogens is 1. The van der Waals surface area contributed by atoms with Crippen LogP contribution in [0.5, 0.6) is 0 Å². The lowest BCUT2D eigenvalue weighted by Crippen LogP contribution is -2.26. The maximum atomic E-state index is 13.6. The van der Waals surface area contributed by atoms with E-state index in [1.54, 1.807) is 26.8 Å². The summed E-state index contributed by atoms with van der Waals surface area (Å²) in [5.41, 5.74) is -0.102. The highest BCUT2D eigenvalue weighted by atomic mass is 32.1. The predicted molar refractivity (Wildman–Crippen MR) is 93.0 cm³/mol. The molecule has 0 atom stereocenters. The van der Waals surface area contributed by atoms with Crippen LogP contribution >= 0.6 is 11.3 Å². The van der Waals surface area contributed by atoms with E-state index in [1.807, 2.05) is 0 Å². The Hall–Kier alpha value is -1.56. The molecule has 0 saturated carbocycles. The van der Waals surface area contributed by atoms with Crippen LogP contribution < -0.4 is 10.8 Å². The van der Waals surface area contributed by atoms with Crippen molar-refractivity contribution in [2.45, 2.75) is 46.6 Å². The fourth-order valence-corrected chi connectivity index (χ4v) is 2.56. The Kier molecular flexibility index (Phi) is 6.41. The Balaban J connectivity index is 0.000000745. The average molecular weight is 321 g/mol. The molecule has 2 aromatic rings. The summed E-state index contributed by atoms with van der Waals surface area (Å²) in [7, 11) is 5.77. The van der Waals surface area contributed by atoms with E-state index in [9.17, 15) is 9.18 Å². The second kappa shape index (κ2) is 7.63. The lowest BCUT2D eigenvalue weighted by Gasteiger charge is -2.19. The van der Waals surface area contributed by atoms with Crippen molar-refractivity contribution in [1.82, 2.24) is 0 Å². The van der Waals surface area contributed by atoms with E-state index in [0.717, 1.165) is 11.3 Å². The smallest absolute Gasteiger partial charge is 0.412 e. The molecule has 1 N–H and O–H groups in total. The summed E-state index contributed by atoms with van der Waals surface area (Å²) >= 11 is 1.13. The highest BCUT2D eigenvalue weighted by Crippen LogP contribution is 2.30. The quantitative estimate of drug-likeness (QED) is 0.780. The molecule has 2 radical (unpaired) electrons. The molecule has 2 rings (SSSR count). The lowest BCUT2D eigenvalue weighted by atomic mass is 9.93. The lowest BCUT2D eigenvalue weighted by molar-refractivity contribution is 0.0636. The van der Waals surface area contributed by atoms with Crippen LogP contribution in [0.15, 0.2) is 18.2 Å². The van der Waals surface area contributed by atoms with Gasteiger partial charge in [0.05, 0.1) is 9.70 Å². The van der Waals surface area contributed by atoms with Gasteiger partial charge in [-0.3, -0.25) is 5.32 Å². The summed E-state index contributed by atoms with van der Waals surface area (Å²) in [6.07, 6.45) is 0.679. The van der Waals surface area contributed by atoms with Gasteiger partial charge in [-0.1, -0.05) is 31.8 Å². The van der Waals surface area contributed by atoms with E-state index in [2.05, 4.69) is 19.2 Å². The third-order valence-electron chi connectivity index (χ3n) is 2.29. The van der Waals surface area contributed by atoms with Crippen LogP contribution in [0, 0.1) is 5.82 Å². The van der Waals surface area contributed by atoms with Crippen molar-refractivity contribution in [3.8, 4) is 0 Å². The van der Waals surface area contributed by atoms with E-state index in [-0.39, 0.29) is 5.82 Å². The number of hydrogen-bond acceptors (Lipinski definition) is 3. The van der Waals surface area contributed by atoms with Crippen molar-refractivity contribution in [3.05, 3.63) is 24.0 Å². The third-order valence-corrected chi connectivity index (χ3v) is 3.35. The number of carbonyl (C=O) groups is 1. The molecule has 0 aliphatic carbocycles. The maximum Gasteiger partial charge on any atom is 0.412 e. The van der Waals surface area contributed by atoms with Gasteiger partial charge in [0.1, 0.15) is 19.3 Å². The topological polar surface area (TPSA) is 38.3 Å². The highest BCUT2D eigenvalue weighted by Gasteiger charge is 2.17. The van der Waals surface area contributed by atoms with Gasteiger partial charge in [0.2, 0.25) is 0 Å². The summed E-state index contributed by atoms with van der Waals surface area (Å²) in [6, 6.07) is 4.45. The normalized spacial score (nSPS) is 10.8. The summed E-state index contributed by atoms with van der Waals surface area (Å²) < 4.78 is 19.2. The van der Waals surface area contributed by atoms with Crippen molar-refractivity contribution in [2.75, 3.05) is 5.32 Å². The first-order chi connectivity index (χ1) is 10.2. The molecular formula is C16H21BFNO2S. The molecule has 1 heterocycles. The van der Waals surface area contributed by atoms with Crippen LogP contribution in [-0.2, 0) is 4.74 Å². The molecule has 6 heteroatoms. The largest absolute Gasteiger partial charge is 0.444 e. The van der Waals surface area contributed by atoms with Gasteiger partial charge in [-0.05, 0) is 38.3 Å². The van der Waals surface area contributed by atoms with Gasteiger partial charge in [-0.15, -0.1) is 11.3 Å². The molecule has 1 amide bonds. The summed E-state index contributed by atoms with van der Waals surface area (Å²) in [6.45, 7) is 9.57. The second-order valence-corrected chi connectivity index (χ2v) is 6.88. The molecule has 0 aliphatic heterocycles. The van der Waals surface area contributed by atoms with Crippen molar-refractivity contribution >= 4 is 45.8 Å². The molecule has 0 bridgehead atoms. The van der Waals surface area contributed by atoms with E-state index in [1.165, 1.54) is 18.6 Å². The van der Waals surface area contributed by atoms with Crippen LogP contribution in [0.4, 0.5) is 14.2 Å². The Morgan fingerprint density at radius 3 is 2.45 bits per heavy atom. The second-order valence-electron chi connectivity index (χ2n) is 5.82. The SMILES string of the molecule is CCC.[B]c1ccc(F)c2sc(NC(=O)OC(C)(C)C)cc12. The molecule has 0 aliphatic rings. The monoisotopic (exact) mass is 321 g/mol. The van der Waals surface area contributed by atoms with Crippen LogP contribution in [0.25, 0.3) is 10.1 Å². The van der Waals surface area contributed by atoms with Crippen molar-refractivity contribution in [2.24, 2.45) is 0 Å². The van der Waals surface area contributed by atoms with Crippen molar-refractivity contribution < 1.29 is 13.9 Å². The molecule has 1 aromatic heterocycles. The van der Waals surface area contributed by atoms with Crippen molar-refractivity contribution in [1.29, 1.82) is 0 Å². The van der Waals surface area contributed by atoms with Gasteiger partial charge in [0.15, 0.2) is 0 Å². The number of thiophene rings is 1. The number of rotatable bonds is 1. The number of nitrogens with one attached hydrogen (secondary N) is 1. The Bertz CT molecular complexity index is 610. The number of hydrogen-bond donors (Lipinski definition) is 1. The molecule has 1 aromatic carbocycles. The zero-order valence-corrected chi connectivity index (χ0v) is 14.4. The van der Waals surface area contributed by atoms with Gasteiger partial charge in [0, 0.05) is 0 Å². The number of carbonyl (C=O) groups excluding carboxylic acids is 1. The Morgan fingerprint density at radius 1 is 1.36 bits per heavy atom. The van der Waals surface area contributed by atoms with Gasteiger partial charge in [0.25, 0.3) is 0 Å². The number of anilines is 1. The van der Waals surface area contributed by atoms with E-state index < -0.39 is 11.7 Å². The van der Waals surface area contributed by atoms with Crippen LogP contribution in [0.2, 0.25) is 0 Å². The fraction of sp³-hybridized carbons (Fsp3) is 0.438. The molecule has 22 heavy (non-hydrogen) atoms. The molecule has 0 spiro atoms. The number of ether oxygens (including phenoxy) is 1. The predicted octanol–water partition coefficient (Wildman–Crippen LogP) is 4.60. The van der Waals surface area contributed by atoms with Crippen molar-refractivity contribution in [3.63, 3.8) is 0 Å². The minimum Gasteiger partial charge on any atom is -0.444 e. The number of benzene rings is 1. The minimum atomic E-state index is -0.578. The van der Waals surface area contributed by atoms with E-state index in [4.69, 9.17) is 12.6 Å². The van der Waals surface area contributed by atoms with Gasteiger partial charge in [-0.2, -0.15) is 0 Å². The fourth-order valence-electron chi connectivity index (χ4n) is 1.58. The van der Waals surface area contributed by atoms with Crippen LogP contribution in [0.1, 0.15) is 41.0 Å². The zero-order valence-electron chi connectivity index (χ0n) is 13.6. The number of amides is 1. The molecule has 118 valence electrons. The average Bonchev–Trinajstić information content (AvgIpc) is 2.77. The molecule has 0 saturated heterocycles. The first kappa shape index (κ1) is 18.5. The van der Waals surface area contributed by atoms with E-state index >= 15 is 0 Å². The maximum absolute atomic E-state index is 13.6. The standard InChI is InChI=1S/C13H13BFNO2S.C3H8/c1-13(2,3)18-12(17)16-10-6-7-8(14)4-5-9(15)11(7)19-10;1-3-2/h4-6H,1-3H3,(H,16,17);3H2,1-2H3. The van der Waals surface area contributed by atoms with Gasteiger partial charge >= 0.3 is 6.09 Å². The van der Waals surface area contributed by atoms with Crippen LogP contribution in [0.3, 0.4) is 0 Å². The summed E-state index contributed by atoms with van der Waals surface area (Å²) in [5.74, 6) is -0.355. The minimum absolute atomic E-state index is 0.355. The highest BCUT2D eigenvalue weighted by molar-refractivity contribution is 7.23. The summed E-state index contributed by atoms with van der Waals surface area (Å²) in [5, 5.41) is 3.67. The number of fused-ring (bicyclic) bond motifs is 1. The van der Waals surface area contributed by atoms with E-state index in [0.29, 0.717) is 20.6 Å². The van der Waals surface area contributed by atoms with Gasteiger partial charge in [-0.25, -0.2) is 9.18 Å². The first-order valence-electron chi connectivity index (χ1n) is 7.15. The molecule has 3 nitrogen and oxygen atoms in total. The molecule has 0 fully saturated rings. The Morgan fingerprint density at radius 2 is 1.95 bits per heavy atom.